The molecule has 46 heavy (non-hydrogen) atoms. The maximum absolute atomic E-state index is 13.4. The van der Waals surface area contributed by atoms with Crippen molar-refractivity contribution in [3.63, 3.8) is 0 Å². The van der Waals surface area contributed by atoms with Crippen molar-refractivity contribution in [1.29, 1.82) is 0 Å². The first-order chi connectivity index (χ1) is 22.3. The van der Waals surface area contributed by atoms with E-state index in [1.165, 1.54) is 12.1 Å². The molecule has 9 heteroatoms. The number of carbonyl (C=O) groups is 3. The number of imide groups is 1. The number of amides is 3. The Morgan fingerprint density at radius 1 is 0.739 bits per heavy atom. The largest absolute Gasteiger partial charge is 0.489 e. The van der Waals surface area contributed by atoms with E-state index in [1.807, 2.05) is 77.7 Å². The second-order valence-corrected chi connectivity index (χ2v) is 11.1. The zero-order valence-corrected chi connectivity index (χ0v) is 26.2. The Kier molecular flexibility index (Phi) is 12.9. The van der Waals surface area contributed by atoms with Crippen molar-refractivity contribution < 1.29 is 28.2 Å². The number of carbonyl (C=O) groups excluding carboxylic acids is 3. The van der Waals surface area contributed by atoms with Gasteiger partial charge in [0.05, 0.1) is 6.04 Å². The van der Waals surface area contributed by atoms with Gasteiger partial charge in [-0.15, -0.1) is 0 Å². The number of alkyl carbamates (subject to hydrolysis) is 1. The van der Waals surface area contributed by atoms with Crippen LogP contribution in [0.1, 0.15) is 35.6 Å². The predicted molar refractivity (Wildman–Crippen MR) is 174 cm³/mol. The highest BCUT2D eigenvalue weighted by atomic mass is 19.1. The van der Waals surface area contributed by atoms with E-state index in [2.05, 4.69) is 10.6 Å². The van der Waals surface area contributed by atoms with Gasteiger partial charge in [-0.25, -0.2) is 9.18 Å². The Bertz CT molecular complexity index is 1530. The van der Waals surface area contributed by atoms with Gasteiger partial charge in [0.25, 0.3) is 0 Å². The maximum atomic E-state index is 13.4. The van der Waals surface area contributed by atoms with Crippen LogP contribution in [0.2, 0.25) is 0 Å². The maximum Gasteiger partial charge on any atom is 0.408 e. The third-order valence-electron chi connectivity index (χ3n) is 7.61. The van der Waals surface area contributed by atoms with Gasteiger partial charge in [0.15, 0.2) is 0 Å². The van der Waals surface area contributed by atoms with Gasteiger partial charge >= 0.3 is 6.09 Å². The number of rotatable bonds is 15. The Morgan fingerprint density at radius 2 is 1.33 bits per heavy atom. The van der Waals surface area contributed by atoms with Gasteiger partial charge in [0, 0.05) is 6.42 Å². The summed E-state index contributed by atoms with van der Waals surface area (Å²) < 4.78 is 24.4. The average molecular weight is 626 g/mol. The number of aryl methyl sites for hydroxylation is 1. The molecular weight excluding hydrogens is 585 g/mol. The predicted octanol–water partition coefficient (Wildman–Crippen LogP) is 5.84. The molecule has 0 unspecified atom stereocenters. The second kappa shape index (κ2) is 17.5. The third kappa shape index (κ3) is 11.2. The summed E-state index contributed by atoms with van der Waals surface area (Å²) in [5.41, 5.74) is 3.61. The fourth-order valence-corrected chi connectivity index (χ4v) is 4.71. The number of nitrogens with one attached hydrogen (secondary N) is 2. The molecule has 2 atom stereocenters. The minimum atomic E-state index is -1.07. The molecule has 0 aromatic heterocycles. The van der Waals surface area contributed by atoms with Crippen LogP contribution in [0, 0.1) is 5.82 Å². The molecule has 4 rings (SSSR count). The average Bonchev–Trinajstić information content (AvgIpc) is 3.08. The van der Waals surface area contributed by atoms with Crippen molar-refractivity contribution in [2.75, 3.05) is 13.6 Å². The Labute approximate surface area is 269 Å². The molecular formula is C37H40FN3O5. The van der Waals surface area contributed by atoms with Gasteiger partial charge < -0.3 is 14.8 Å². The van der Waals surface area contributed by atoms with Crippen molar-refractivity contribution in [2.45, 2.75) is 51.5 Å². The SMILES string of the molecule is C[C@H](C(=O)NC(=O)[C@H](Cc1ccc(OCc2ccccc2)cc1)NC(=O)OCc1ccccc1)N(C)CCCc1ccc(F)cc1. The number of halogens is 1. The van der Waals surface area contributed by atoms with E-state index in [0.29, 0.717) is 18.9 Å². The van der Waals surface area contributed by atoms with Crippen molar-refractivity contribution in [1.82, 2.24) is 15.5 Å². The zero-order chi connectivity index (χ0) is 32.7. The quantitative estimate of drug-likeness (QED) is 0.172. The fraction of sp³-hybridized carbons (Fsp3) is 0.270. The summed E-state index contributed by atoms with van der Waals surface area (Å²) in [7, 11) is 1.80. The highest BCUT2D eigenvalue weighted by Crippen LogP contribution is 2.16. The van der Waals surface area contributed by atoms with Crippen molar-refractivity contribution in [2.24, 2.45) is 0 Å². The van der Waals surface area contributed by atoms with Crippen LogP contribution in [0.4, 0.5) is 9.18 Å². The van der Waals surface area contributed by atoms with Crippen molar-refractivity contribution in [3.05, 3.63) is 137 Å². The normalized spacial score (nSPS) is 12.2. The number of likely N-dealkylation sites (N-methyl/N-ethyl adjacent to an activating group) is 1. The Balaban J connectivity index is 1.34. The molecule has 0 aliphatic heterocycles. The molecule has 3 amide bonds. The molecule has 0 fully saturated rings. The summed E-state index contributed by atoms with van der Waals surface area (Å²) >= 11 is 0. The van der Waals surface area contributed by atoms with Gasteiger partial charge in [-0.2, -0.15) is 0 Å². The molecule has 0 heterocycles. The Hall–Kier alpha value is -5.02. The van der Waals surface area contributed by atoms with Crippen LogP contribution in [-0.4, -0.2) is 48.5 Å². The molecule has 0 aliphatic carbocycles. The first-order valence-corrected chi connectivity index (χ1v) is 15.3. The fourth-order valence-electron chi connectivity index (χ4n) is 4.71. The molecule has 8 nitrogen and oxygen atoms in total. The van der Waals surface area contributed by atoms with Crippen LogP contribution in [0.5, 0.6) is 5.75 Å². The molecule has 0 bridgehead atoms. The van der Waals surface area contributed by atoms with Crippen LogP contribution in [-0.2, 0) is 40.4 Å². The molecule has 0 aliphatic rings. The lowest BCUT2D eigenvalue weighted by Gasteiger charge is -2.25. The monoisotopic (exact) mass is 625 g/mol. The van der Waals surface area contributed by atoms with Crippen LogP contribution in [0.3, 0.4) is 0 Å². The first kappa shape index (κ1) is 33.9. The lowest BCUT2D eigenvalue weighted by molar-refractivity contribution is -0.134. The van der Waals surface area contributed by atoms with E-state index < -0.39 is 30.0 Å². The summed E-state index contributed by atoms with van der Waals surface area (Å²) in [5.74, 6) is -0.741. The molecule has 240 valence electrons. The van der Waals surface area contributed by atoms with Gasteiger partial charge in [-0.1, -0.05) is 84.9 Å². The van der Waals surface area contributed by atoms with Gasteiger partial charge in [-0.05, 0) is 79.9 Å². The zero-order valence-electron chi connectivity index (χ0n) is 26.2. The lowest BCUT2D eigenvalue weighted by Crippen LogP contribution is -2.53. The van der Waals surface area contributed by atoms with Crippen molar-refractivity contribution >= 4 is 17.9 Å². The highest BCUT2D eigenvalue weighted by molar-refractivity contribution is 6.00. The minimum absolute atomic E-state index is 0.0349. The molecule has 4 aromatic rings. The summed E-state index contributed by atoms with van der Waals surface area (Å²) in [5, 5.41) is 5.10. The van der Waals surface area contributed by atoms with E-state index >= 15 is 0 Å². The highest BCUT2D eigenvalue weighted by Gasteiger charge is 2.27. The minimum Gasteiger partial charge on any atom is -0.489 e. The number of hydrogen-bond acceptors (Lipinski definition) is 6. The smallest absolute Gasteiger partial charge is 0.408 e. The van der Waals surface area contributed by atoms with Gasteiger partial charge in [0.1, 0.15) is 30.8 Å². The summed E-state index contributed by atoms with van der Waals surface area (Å²) in [6.07, 6.45) is 0.826. The van der Waals surface area contributed by atoms with E-state index in [9.17, 15) is 18.8 Å². The van der Waals surface area contributed by atoms with Gasteiger partial charge in [-0.3, -0.25) is 19.8 Å². The lowest BCUT2D eigenvalue weighted by atomic mass is 10.0. The van der Waals surface area contributed by atoms with Gasteiger partial charge in [0.2, 0.25) is 11.8 Å². The van der Waals surface area contributed by atoms with Crippen molar-refractivity contribution in [3.8, 4) is 5.75 Å². The van der Waals surface area contributed by atoms with E-state index in [1.54, 1.807) is 38.2 Å². The first-order valence-electron chi connectivity index (χ1n) is 15.3. The standard InChI is InChI=1S/C37H40FN3O5/c1-27(41(2)23-9-14-28-15-19-32(38)20-16-28)35(42)40-36(43)34(39-37(44)46-26-31-12-7-4-8-13-31)24-29-17-21-33(22-18-29)45-25-30-10-5-3-6-11-30/h3-8,10-13,15-22,27,34H,9,14,23-26H2,1-2H3,(H,39,44)(H,40,42,43)/t27-,34+/m1/s1. The van der Waals surface area contributed by atoms with E-state index in [4.69, 9.17) is 9.47 Å². The van der Waals surface area contributed by atoms with Crippen LogP contribution < -0.4 is 15.4 Å². The molecule has 0 spiro atoms. The number of nitrogens with zero attached hydrogens (tertiary/aromatic N) is 1. The van der Waals surface area contributed by atoms with Crippen LogP contribution in [0.25, 0.3) is 0 Å². The molecule has 0 saturated carbocycles. The van der Waals surface area contributed by atoms with E-state index in [0.717, 1.165) is 35.1 Å². The molecule has 2 N–H and O–H groups in total. The van der Waals surface area contributed by atoms with Crippen LogP contribution >= 0.6 is 0 Å². The number of hydrogen-bond donors (Lipinski definition) is 2. The second-order valence-electron chi connectivity index (χ2n) is 11.1. The third-order valence-corrected chi connectivity index (χ3v) is 7.61. The topological polar surface area (TPSA) is 97.0 Å². The molecule has 0 saturated heterocycles. The summed E-state index contributed by atoms with van der Waals surface area (Å²) in [6, 6.07) is 30.9. The number of ether oxygens (including phenoxy) is 2. The summed E-state index contributed by atoms with van der Waals surface area (Å²) in [6.45, 7) is 2.76. The number of benzene rings is 4. The Morgan fingerprint density at radius 3 is 1.96 bits per heavy atom. The summed E-state index contributed by atoms with van der Waals surface area (Å²) in [4.78, 5) is 41.0. The van der Waals surface area contributed by atoms with E-state index in [-0.39, 0.29) is 18.8 Å². The molecule has 4 aromatic carbocycles. The van der Waals surface area contributed by atoms with Crippen LogP contribution in [0.15, 0.2) is 109 Å². The molecule has 0 radical (unpaired) electrons.